The minimum absolute atomic E-state index is 0.0348. The summed E-state index contributed by atoms with van der Waals surface area (Å²) in [5.41, 5.74) is 1.06. The average molecular weight is 385 g/mol. The molecule has 6 heteroatoms. The number of hydrogen-bond donors (Lipinski definition) is 2. The number of hydrogen-bond acceptors (Lipinski definition) is 4. The number of phenols is 1. The molecule has 0 spiro atoms. The molecule has 1 atom stereocenters. The van der Waals surface area contributed by atoms with Crippen LogP contribution in [-0.2, 0) is 16.0 Å². The molecule has 0 aromatic heterocycles. The Hall–Kier alpha value is -2.47. The zero-order valence-electron chi connectivity index (χ0n) is 15.1. The van der Waals surface area contributed by atoms with E-state index in [2.05, 4.69) is 5.32 Å². The Morgan fingerprint density at radius 3 is 2.63 bits per heavy atom. The van der Waals surface area contributed by atoms with Gasteiger partial charge in [-0.25, -0.2) is 0 Å². The number of thioether (sulfide) groups is 1. The Morgan fingerprint density at radius 1 is 1.15 bits per heavy atom. The maximum absolute atomic E-state index is 12.3. The van der Waals surface area contributed by atoms with Crippen molar-refractivity contribution >= 4 is 23.6 Å². The average Bonchev–Trinajstić information content (AvgIpc) is 3.06. The Morgan fingerprint density at radius 2 is 1.89 bits per heavy atom. The number of aromatic hydroxyl groups is 1. The fraction of sp³-hybridized carbons (Fsp3) is 0.333. The number of nitrogens with one attached hydrogen (secondary N) is 1. The zero-order valence-corrected chi connectivity index (χ0v) is 16.0. The third kappa shape index (κ3) is 5.76. The molecular formula is C21H24N2O3S. The Balaban J connectivity index is 1.38. The highest BCUT2D eigenvalue weighted by atomic mass is 32.2. The second-order valence-corrected chi connectivity index (χ2v) is 7.78. The summed E-state index contributed by atoms with van der Waals surface area (Å²) in [6, 6.07) is 17.1. The van der Waals surface area contributed by atoms with Crippen LogP contribution < -0.4 is 5.32 Å². The highest BCUT2D eigenvalue weighted by Crippen LogP contribution is 2.20. The molecule has 2 aromatic carbocycles. The van der Waals surface area contributed by atoms with Crippen molar-refractivity contribution < 1.29 is 14.7 Å². The summed E-state index contributed by atoms with van der Waals surface area (Å²) in [4.78, 5) is 27.5. The number of likely N-dealkylation sites (tertiary alicyclic amines) is 1. The molecule has 2 amide bonds. The van der Waals surface area contributed by atoms with Crippen LogP contribution in [0.3, 0.4) is 0 Å². The van der Waals surface area contributed by atoms with Gasteiger partial charge in [0.1, 0.15) is 5.75 Å². The molecule has 0 unspecified atom stereocenters. The van der Waals surface area contributed by atoms with Crippen LogP contribution in [0.25, 0.3) is 0 Å². The molecule has 2 N–H and O–H groups in total. The molecule has 1 aliphatic heterocycles. The van der Waals surface area contributed by atoms with Gasteiger partial charge in [-0.1, -0.05) is 30.3 Å². The standard InChI is InChI=1S/C21H24N2O3S/c24-18-8-6-16(7-9-18)10-12-23-15-17(14-20(23)25)21(26)22-11-13-27-19-4-2-1-3-5-19/h1-9,17,24H,10-15H2,(H,22,26)/t17-/m0/s1. The summed E-state index contributed by atoms with van der Waals surface area (Å²) in [5, 5.41) is 12.3. The van der Waals surface area contributed by atoms with Gasteiger partial charge in [-0.2, -0.15) is 0 Å². The monoisotopic (exact) mass is 384 g/mol. The molecule has 0 aliphatic carbocycles. The Bertz CT molecular complexity index is 765. The normalized spacial score (nSPS) is 16.5. The van der Waals surface area contributed by atoms with Crippen molar-refractivity contribution in [2.75, 3.05) is 25.4 Å². The first-order valence-corrected chi connectivity index (χ1v) is 10.1. The summed E-state index contributed by atoms with van der Waals surface area (Å²) in [6.07, 6.45) is 1.00. The fourth-order valence-electron chi connectivity index (χ4n) is 3.09. The quantitative estimate of drug-likeness (QED) is 0.542. The van der Waals surface area contributed by atoms with E-state index in [0.29, 0.717) is 26.1 Å². The predicted molar refractivity (Wildman–Crippen MR) is 107 cm³/mol. The highest BCUT2D eigenvalue weighted by molar-refractivity contribution is 7.99. The van der Waals surface area contributed by atoms with E-state index in [4.69, 9.17) is 0 Å². The van der Waals surface area contributed by atoms with Gasteiger partial charge in [-0.15, -0.1) is 11.8 Å². The van der Waals surface area contributed by atoms with Crippen LogP contribution in [0.4, 0.5) is 0 Å². The molecule has 0 saturated carbocycles. The lowest BCUT2D eigenvalue weighted by Gasteiger charge is -2.16. The molecule has 3 rings (SSSR count). The van der Waals surface area contributed by atoms with Crippen molar-refractivity contribution in [3.8, 4) is 5.75 Å². The number of benzene rings is 2. The number of phenolic OH excluding ortho intramolecular Hbond substituents is 1. The maximum atomic E-state index is 12.3. The van der Waals surface area contributed by atoms with E-state index in [9.17, 15) is 14.7 Å². The van der Waals surface area contributed by atoms with Gasteiger partial charge in [0, 0.05) is 36.7 Å². The summed E-state index contributed by atoms with van der Waals surface area (Å²) in [7, 11) is 0. The van der Waals surface area contributed by atoms with E-state index in [-0.39, 0.29) is 29.9 Å². The van der Waals surface area contributed by atoms with Crippen molar-refractivity contribution in [2.45, 2.75) is 17.7 Å². The zero-order chi connectivity index (χ0) is 19.1. The van der Waals surface area contributed by atoms with E-state index in [1.165, 1.54) is 4.90 Å². The van der Waals surface area contributed by atoms with Crippen LogP contribution in [0.5, 0.6) is 5.75 Å². The second-order valence-electron chi connectivity index (χ2n) is 6.61. The number of carbonyl (C=O) groups is 2. The predicted octanol–water partition coefficient (Wildman–Crippen LogP) is 2.69. The van der Waals surface area contributed by atoms with Gasteiger partial charge in [0.05, 0.1) is 5.92 Å². The Kier molecular flexibility index (Phi) is 6.76. The third-order valence-corrected chi connectivity index (χ3v) is 5.62. The minimum Gasteiger partial charge on any atom is -0.508 e. The van der Waals surface area contributed by atoms with E-state index in [1.807, 2.05) is 42.5 Å². The molecule has 0 bridgehead atoms. The summed E-state index contributed by atoms with van der Waals surface area (Å²) in [6.45, 7) is 1.67. The minimum atomic E-state index is -0.265. The van der Waals surface area contributed by atoms with Crippen molar-refractivity contribution in [2.24, 2.45) is 5.92 Å². The molecule has 1 heterocycles. The van der Waals surface area contributed by atoms with E-state index in [1.54, 1.807) is 28.8 Å². The van der Waals surface area contributed by atoms with Crippen LogP contribution in [0.1, 0.15) is 12.0 Å². The van der Waals surface area contributed by atoms with Crippen LogP contribution in [0.15, 0.2) is 59.5 Å². The van der Waals surface area contributed by atoms with Crippen LogP contribution >= 0.6 is 11.8 Å². The number of amides is 2. The number of rotatable bonds is 8. The topological polar surface area (TPSA) is 69.6 Å². The van der Waals surface area contributed by atoms with Gasteiger partial charge in [0.25, 0.3) is 0 Å². The van der Waals surface area contributed by atoms with Crippen LogP contribution in [-0.4, -0.2) is 47.2 Å². The molecule has 27 heavy (non-hydrogen) atoms. The van der Waals surface area contributed by atoms with Crippen LogP contribution in [0.2, 0.25) is 0 Å². The highest BCUT2D eigenvalue weighted by Gasteiger charge is 2.33. The number of nitrogens with zero attached hydrogens (tertiary/aromatic N) is 1. The molecule has 1 fully saturated rings. The molecule has 5 nitrogen and oxygen atoms in total. The molecular weight excluding hydrogens is 360 g/mol. The van der Waals surface area contributed by atoms with E-state index < -0.39 is 0 Å². The van der Waals surface area contributed by atoms with E-state index in [0.717, 1.165) is 11.3 Å². The van der Waals surface area contributed by atoms with Gasteiger partial charge in [-0.05, 0) is 36.2 Å². The number of carbonyl (C=O) groups excluding carboxylic acids is 2. The molecule has 2 aromatic rings. The largest absolute Gasteiger partial charge is 0.508 e. The smallest absolute Gasteiger partial charge is 0.225 e. The first-order valence-electron chi connectivity index (χ1n) is 9.13. The van der Waals surface area contributed by atoms with Crippen molar-refractivity contribution in [3.63, 3.8) is 0 Å². The van der Waals surface area contributed by atoms with Gasteiger partial charge >= 0.3 is 0 Å². The lowest BCUT2D eigenvalue weighted by Crippen LogP contribution is -2.34. The maximum Gasteiger partial charge on any atom is 0.225 e. The van der Waals surface area contributed by atoms with Crippen molar-refractivity contribution in [3.05, 3.63) is 60.2 Å². The Labute approximate surface area is 163 Å². The lowest BCUT2D eigenvalue weighted by atomic mass is 10.1. The lowest BCUT2D eigenvalue weighted by molar-refractivity contribution is -0.128. The van der Waals surface area contributed by atoms with Gasteiger partial charge in [0.15, 0.2) is 0 Å². The van der Waals surface area contributed by atoms with Gasteiger partial charge in [-0.3, -0.25) is 9.59 Å². The summed E-state index contributed by atoms with van der Waals surface area (Å²) >= 11 is 1.70. The SMILES string of the molecule is O=C(NCCSc1ccccc1)[C@H]1CC(=O)N(CCc2ccc(O)cc2)C1. The summed E-state index contributed by atoms with van der Waals surface area (Å²) < 4.78 is 0. The van der Waals surface area contributed by atoms with Gasteiger partial charge in [0.2, 0.25) is 11.8 Å². The second kappa shape index (κ2) is 9.46. The van der Waals surface area contributed by atoms with Gasteiger partial charge < -0.3 is 15.3 Å². The van der Waals surface area contributed by atoms with Crippen LogP contribution in [0, 0.1) is 5.92 Å². The molecule has 1 saturated heterocycles. The van der Waals surface area contributed by atoms with E-state index >= 15 is 0 Å². The molecule has 1 aliphatic rings. The summed E-state index contributed by atoms with van der Waals surface area (Å²) in [5.74, 6) is 0.773. The van der Waals surface area contributed by atoms with Crippen molar-refractivity contribution in [1.29, 1.82) is 0 Å². The molecule has 142 valence electrons. The molecule has 0 radical (unpaired) electrons. The fourth-order valence-corrected chi connectivity index (χ4v) is 3.88. The first kappa shape index (κ1) is 19.3. The van der Waals surface area contributed by atoms with Crippen molar-refractivity contribution in [1.82, 2.24) is 10.2 Å². The first-order chi connectivity index (χ1) is 13.1. The third-order valence-electron chi connectivity index (χ3n) is 4.61.